The highest BCUT2D eigenvalue weighted by Gasteiger charge is 2.32. The van der Waals surface area contributed by atoms with Gasteiger partial charge >= 0.3 is 0 Å². The topological polar surface area (TPSA) is 72.9 Å². The Morgan fingerprint density at radius 2 is 1.96 bits per heavy atom. The molecule has 0 bridgehead atoms. The molecule has 0 unspecified atom stereocenters. The van der Waals surface area contributed by atoms with Crippen LogP contribution in [0.3, 0.4) is 0 Å². The summed E-state index contributed by atoms with van der Waals surface area (Å²) in [6.07, 6.45) is 7.11. The highest BCUT2D eigenvalue weighted by molar-refractivity contribution is 5.05. The standard InChI is InChI=1S/C17H26N6O/c1-12(2)17-21-19-15(24-17)11-22-9-6-7-13(22)16-20-18-14-8-4-3-5-10-23(14)16/h12-13H,3-11H2,1-2H3/t13-/m0/s1. The fourth-order valence-corrected chi connectivity index (χ4v) is 3.80. The van der Waals surface area contributed by atoms with Crippen LogP contribution >= 0.6 is 0 Å². The summed E-state index contributed by atoms with van der Waals surface area (Å²) in [5, 5.41) is 17.4. The zero-order valence-corrected chi connectivity index (χ0v) is 14.6. The average molecular weight is 330 g/mol. The summed E-state index contributed by atoms with van der Waals surface area (Å²) in [4.78, 5) is 2.42. The molecular weight excluding hydrogens is 304 g/mol. The lowest BCUT2D eigenvalue weighted by Crippen LogP contribution is -2.25. The molecule has 0 aliphatic carbocycles. The van der Waals surface area contributed by atoms with Crippen LogP contribution in [0.25, 0.3) is 0 Å². The van der Waals surface area contributed by atoms with E-state index in [0.29, 0.717) is 18.5 Å². The zero-order chi connectivity index (χ0) is 16.5. The van der Waals surface area contributed by atoms with E-state index in [0.717, 1.165) is 43.5 Å². The molecule has 0 amide bonds. The van der Waals surface area contributed by atoms with Gasteiger partial charge < -0.3 is 8.98 Å². The molecular formula is C17H26N6O. The molecule has 2 aromatic rings. The second kappa shape index (κ2) is 6.63. The van der Waals surface area contributed by atoms with Gasteiger partial charge in [0.15, 0.2) is 0 Å². The van der Waals surface area contributed by atoms with Crippen LogP contribution < -0.4 is 0 Å². The van der Waals surface area contributed by atoms with E-state index in [-0.39, 0.29) is 5.92 Å². The third-order valence-corrected chi connectivity index (χ3v) is 5.11. The van der Waals surface area contributed by atoms with Crippen LogP contribution in [0, 0.1) is 0 Å². The Morgan fingerprint density at radius 1 is 1.04 bits per heavy atom. The summed E-state index contributed by atoms with van der Waals surface area (Å²) in [5.74, 6) is 3.99. The van der Waals surface area contributed by atoms with E-state index in [9.17, 15) is 0 Å². The second-order valence-electron chi connectivity index (χ2n) is 7.25. The first-order valence-corrected chi connectivity index (χ1v) is 9.20. The Morgan fingerprint density at radius 3 is 2.79 bits per heavy atom. The van der Waals surface area contributed by atoms with Crippen molar-refractivity contribution in [1.29, 1.82) is 0 Å². The first-order valence-electron chi connectivity index (χ1n) is 9.20. The van der Waals surface area contributed by atoms with Crippen molar-refractivity contribution in [2.75, 3.05) is 6.54 Å². The first-order chi connectivity index (χ1) is 11.7. The fourth-order valence-electron chi connectivity index (χ4n) is 3.80. The normalized spacial score (nSPS) is 22.0. The van der Waals surface area contributed by atoms with Gasteiger partial charge in [0.05, 0.1) is 12.6 Å². The quantitative estimate of drug-likeness (QED) is 0.858. The van der Waals surface area contributed by atoms with Gasteiger partial charge in [-0.2, -0.15) is 0 Å². The van der Waals surface area contributed by atoms with Crippen molar-refractivity contribution in [3.05, 3.63) is 23.4 Å². The molecule has 0 aromatic carbocycles. The van der Waals surface area contributed by atoms with Gasteiger partial charge in [-0.25, -0.2) is 0 Å². The SMILES string of the molecule is CC(C)c1nnc(CN2CCC[C@H]2c2nnc3n2CCCCC3)o1. The summed E-state index contributed by atoms with van der Waals surface area (Å²) in [6, 6.07) is 0.318. The number of aromatic nitrogens is 5. The van der Waals surface area contributed by atoms with E-state index < -0.39 is 0 Å². The van der Waals surface area contributed by atoms with Gasteiger partial charge in [0.2, 0.25) is 11.8 Å². The molecule has 0 N–H and O–H groups in total. The molecule has 1 fully saturated rings. The van der Waals surface area contributed by atoms with E-state index in [1.807, 2.05) is 0 Å². The van der Waals surface area contributed by atoms with Gasteiger partial charge in [0, 0.05) is 18.9 Å². The Balaban J connectivity index is 1.53. The van der Waals surface area contributed by atoms with E-state index in [4.69, 9.17) is 4.42 Å². The first kappa shape index (κ1) is 15.7. The Hall–Kier alpha value is -1.76. The number of aryl methyl sites for hydroxylation is 1. The molecule has 0 radical (unpaired) electrons. The van der Waals surface area contributed by atoms with Crippen molar-refractivity contribution in [3.63, 3.8) is 0 Å². The van der Waals surface area contributed by atoms with Crippen LogP contribution in [0.2, 0.25) is 0 Å². The lowest BCUT2D eigenvalue weighted by atomic mass is 10.2. The molecule has 7 heteroatoms. The molecule has 24 heavy (non-hydrogen) atoms. The zero-order valence-electron chi connectivity index (χ0n) is 14.6. The minimum Gasteiger partial charge on any atom is -0.424 e. The van der Waals surface area contributed by atoms with Gasteiger partial charge in [0.1, 0.15) is 11.6 Å². The lowest BCUT2D eigenvalue weighted by Gasteiger charge is -2.22. The Kier molecular flexibility index (Phi) is 4.35. The van der Waals surface area contributed by atoms with Gasteiger partial charge in [0.25, 0.3) is 0 Å². The van der Waals surface area contributed by atoms with Crippen LogP contribution in [0.15, 0.2) is 4.42 Å². The van der Waals surface area contributed by atoms with Crippen LogP contribution in [-0.4, -0.2) is 36.4 Å². The molecule has 7 nitrogen and oxygen atoms in total. The fraction of sp³-hybridized carbons (Fsp3) is 0.765. The average Bonchev–Trinajstić information content (AvgIpc) is 3.25. The predicted molar refractivity (Wildman–Crippen MR) is 88.3 cm³/mol. The van der Waals surface area contributed by atoms with Crippen LogP contribution in [0.4, 0.5) is 0 Å². The van der Waals surface area contributed by atoms with Crippen molar-refractivity contribution in [2.45, 2.75) is 77.4 Å². The summed E-state index contributed by atoms with van der Waals surface area (Å²) < 4.78 is 8.16. The Bertz CT molecular complexity index is 691. The largest absolute Gasteiger partial charge is 0.424 e. The van der Waals surface area contributed by atoms with Crippen LogP contribution in [0.5, 0.6) is 0 Å². The third-order valence-electron chi connectivity index (χ3n) is 5.11. The number of hydrogen-bond donors (Lipinski definition) is 0. The lowest BCUT2D eigenvalue weighted by molar-refractivity contribution is 0.209. The minimum atomic E-state index is 0.271. The number of nitrogens with zero attached hydrogens (tertiary/aromatic N) is 6. The van der Waals surface area contributed by atoms with E-state index >= 15 is 0 Å². The molecule has 2 aromatic heterocycles. The second-order valence-corrected chi connectivity index (χ2v) is 7.25. The van der Waals surface area contributed by atoms with Crippen molar-refractivity contribution in [2.24, 2.45) is 0 Å². The summed E-state index contributed by atoms with van der Waals surface area (Å²) in [7, 11) is 0. The van der Waals surface area contributed by atoms with Crippen LogP contribution in [-0.2, 0) is 19.5 Å². The van der Waals surface area contributed by atoms with E-state index in [1.165, 1.54) is 25.7 Å². The van der Waals surface area contributed by atoms with Gasteiger partial charge in [-0.15, -0.1) is 20.4 Å². The maximum Gasteiger partial charge on any atom is 0.230 e. The maximum atomic E-state index is 5.80. The predicted octanol–water partition coefficient (Wildman–Crippen LogP) is 2.85. The summed E-state index contributed by atoms with van der Waals surface area (Å²) in [5.41, 5.74) is 0. The number of hydrogen-bond acceptors (Lipinski definition) is 6. The third kappa shape index (κ3) is 2.97. The highest BCUT2D eigenvalue weighted by Crippen LogP contribution is 2.33. The molecule has 1 saturated heterocycles. The highest BCUT2D eigenvalue weighted by atomic mass is 16.4. The van der Waals surface area contributed by atoms with Crippen molar-refractivity contribution >= 4 is 0 Å². The molecule has 0 saturated carbocycles. The van der Waals surface area contributed by atoms with Crippen molar-refractivity contribution in [3.8, 4) is 0 Å². The molecule has 130 valence electrons. The molecule has 2 aliphatic heterocycles. The van der Waals surface area contributed by atoms with Crippen molar-refractivity contribution < 1.29 is 4.42 Å². The smallest absolute Gasteiger partial charge is 0.230 e. The van der Waals surface area contributed by atoms with Gasteiger partial charge in [-0.3, -0.25) is 4.90 Å². The Labute approximate surface area is 142 Å². The molecule has 4 heterocycles. The van der Waals surface area contributed by atoms with Gasteiger partial charge in [-0.1, -0.05) is 20.3 Å². The monoisotopic (exact) mass is 330 g/mol. The molecule has 1 atom stereocenters. The summed E-state index contributed by atoms with van der Waals surface area (Å²) in [6.45, 7) is 6.95. The van der Waals surface area contributed by atoms with Crippen LogP contribution in [0.1, 0.15) is 81.3 Å². The molecule has 4 rings (SSSR count). The minimum absolute atomic E-state index is 0.271. The van der Waals surface area contributed by atoms with E-state index in [1.54, 1.807) is 0 Å². The van der Waals surface area contributed by atoms with E-state index in [2.05, 4.69) is 43.7 Å². The number of rotatable bonds is 4. The summed E-state index contributed by atoms with van der Waals surface area (Å²) >= 11 is 0. The molecule has 2 aliphatic rings. The number of likely N-dealkylation sites (tertiary alicyclic amines) is 1. The number of fused-ring (bicyclic) bond motifs is 1. The molecule has 0 spiro atoms. The van der Waals surface area contributed by atoms with Crippen molar-refractivity contribution in [1.82, 2.24) is 29.9 Å². The van der Waals surface area contributed by atoms with Gasteiger partial charge in [-0.05, 0) is 32.2 Å². The maximum absolute atomic E-state index is 5.80.